The van der Waals surface area contributed by atoms with Crippen LogP contribution in [0.5, 0.6) is 5.75 Å². The maximum atomic E-state index is 13.3. The number of benzene rings is 2. The molecule has 1 unspecified atom stereocenters. The predicted octanol–water partition coefficient (Wildman–Crippen LogP) is 3.17. The zero-order valence-electron chi connectivity index (χ0n) is 16.3. The van der Waals surface area contributed by atoms with E-state index in [1.807, 2.05) is 53.8 Å². The molecule has 0 N–H and O–H groups in total. The molecular weight excluding hydrogens is 388 g/mol. The molecule has 4 rings (SSSR count). The van der Waals surface area contributed by atoms with Crippen LogP contribution >= 0.6 is 11.8 Å². The molecule has 0 bridgehead atoms. The fourth-order valence-electron chi connectivity index (χ4n) is 3.20. The van der Waals surface area contributed by atoms with Crippen LogP contribution in [0.3, 0.4) is 0 Å². The van der Waals surface area contributed by atoms with Crippen molar-refractivity contribution in [3.05, 3.63) is 64.4 Å². The van der Waals surface area contributed by atoms with Gasteiger partial charge in [0.05, 0.1) is 29.8 Å². The molecule has 0 aliphatic carbocycles. The van der Waals surface area contributed by atoms with Crippen molar-refractivity contribution in [3.63, 3.8) is 0 Å². The molecule has 2 heterocycles. The van der Waals surface area contributed by atoms with Crippen LogP contribution in [0.15, 0.2) is 58.5 Å². The lowest BCUT2D eigenvalue weighted by Gasteiger charge is -2.13. The van der Waals surface area contributed by atoms with E-state index in [2.05, 4.69) is 10.2 Å². The van der Waals surface area contributed by atoms with Gasteiger partial charge in [0, 0.05) is 5.56 Å². The molecule has 29 heavy (non-hydrogen) atoms. The molecule has 7 nitrogen and oxygen atoms in total. The number of thioether (sulfide) groups is 1. The van der Waals surface area contributed by atoms with Crippen molar-refractivity contribution in [3.8, 4) is 5.75 Å². The number of ether oxygens (including phenoxy) is 1. The molecule has 0 spiro atoms. The van der Waals surface area contributed by atoms with Gasteiger partial charge in [0.25, 0.3) is 5.56 Å². The van der Waals surface area contributed by atoms with E-state index >= 15 is 0 Å². The number of Topliss-reactive ketones (excluding diaryl/α,β-unsaturated/α-hetero) is 1. The van der Waals surface area contributed by atoms with Crippen molar-refractivity contribution in [1.82, 2.24) is 19.2 Å². The maximum absolute atomic E-state index is 13.3. The molecule has 4 aromatic rings. The third-order valence-corrected chi connectivity index (χ3v) is 6.01. The molecule has 1 atom stereocenters. The molecule has 0 radical (unpaired) electrons. The Bertz CT molecular complexity index is 1280. The zero-order valence-corrected chi connectivity index (χ0v) is 17.1. The predicted molar refractivity (Wildman–Crippen MR) is 113 cm³/mol. The van der Waals surface area contributed by atoms with E-state index in [1.54, 1.807) is 24.7 Å². The number of para-hydroxylation sites is 2. The summed E-state index contributed by atoms with van der Waals surface area (Å²) < 4.78 is 8.88. The van der Waals surface area contributed by atoms with Crippen molar-refractivity contribution in [2.75, 3.05) is 7.11 Å². The first-order chi connectivity index (χ1) is 14.0. The molecule has 2 aromatic carbocycles. The third kappa shape index (κ3) is 3.40. The highest BCUT2D eigenvalue weighted by Crippen LogP contribution is 2.26. The number of carbonyl (C=O) groups is 1. The number of nitrogens with zero attached hydrogens (tertiary/aromatic N) is 4. The van der Waals surface area contributed by atoms with Gasteiger partial charge in [-0.3, -0.25) is 18.6 Å². The molecule has 0 fully saturated rings. The van der Waals surface area contributed by atoms with Gasteiger partial charge in [0.15, 0.2) is 5.16 Å². The number of methoxy groups -OCH3 is 1. The van der Waals surface area contributed by atoms with Crippen molar-refractivity contribution < 1.29 is 9.53 Å². The van der Waals surface area contributed by atoms with E-state index in [0.29, 0.717) is 34.1 Å². The quantitative estimate of drug-likeness (QED) is 0.456. The summed E-state index contributed by atoms with van der Waals surface area (Å²) in [5.74, 6) is 1.18. The van der Waals surface area contributed by atoms with E-state index in [1.165, 1.54) is 11.8 Å². The van der Waals surface area contributed by atoms with Gasteiger partial charge in [-0.15, -0.1) is 10.2 Å². The summed E-state index contributed by atoms with van der Waals surface area (Å²) in [4.78, 5) is 25.0. The molecule has 2 aromatic heterocycles. The first-order valence-electron chi connectivity index (χ1n) is 9.17. The van der Waals surface area contributed by atoms with Crippen molar-refractivity contribution in [2.45, 2.75) is 30.8 Å². The second kappa shape index (κ2) is 7.71. The Balaban J connectivity index is 1.97. The number of carbonyl (C=O) groups excluding carboxylic acids is 1. The topological polar surface area (TPSA) is 78.5 Å². The molecule has 0 aliphatic heterocycles. The third-order valence-electron chi connectivity index (χ3n) is 4.85. The van der Waals surface area contributed by atoms with E-state index in [4.69, 9.17) is 4.74 Å². The van der Waals surface area contributed by atoms with Crippen LogP contribution in [0.4, 0.5) is 0 Å². The second-order valence-corrected chi connectivity index (χ2v) is 8.02. The minimum Gasteiger partial charge on any atom is -0.496 e. The summed E-state index contributed by atoms with van der Waals surface area (Å²) in [6.07, 6.45) is 0. The largest absolute Gasteiger partial charge is 0.496 e. The second-order valence-electron chi connectivity index (χ2n) is 6.71. The lowest BCUT2D eigenvalue weighted by atomic mass is 10.2. The molecule has 148 valence electrons. The highest BCUT2D eigenvalue weighted by Gasteiger charge is 2.20. The van der Waals surface area contributed by atoms with Gasteiger partial charge in [-0.05, 0) is 32.0 Å². The minimum absolute atomic E-state index is 0.0541. The number of fused-ring (bicyclic) bond motifs is 3. The summed E-state index contributed by atoms with van der Waals surface area (Å²) in [5, 5.41) is 9.45. The Hall–Kier alpha value is -3.13. The van der Waals surface area contributed by atoms with Crippen LogP contribution < -0.4 is 10.3 Å². The summed E-state index contributed by atoms with van der Waals surface area (Å²) in [7, 11) is 1.60. The highest BCUT2D eigenvalue weighted by molar-refractivity contribution is 8.00. The Morgan fingerprint density at radius 3 is 2.62 bits per heavy atom. The lowest BCUT2D eigenvalue weighted by molar-refractivity contribution is -0.116. The molecule has 0 saturated heterocycles. The van der Waals surface area contributed by atoms with Gasteiger partial charge in [-0.25, -0.2) is 0 Å². The lowest BCUT2D eigenvalue weighted by Crippen LogP contribution is -2.24. The first kappa shape index (κ1) is 19.2. The Morgan fingerprint density at radius 2 is 1.86 bits per heavy atom. The molecule has 0 amide bonds. The monoisotopic (exact) mass is 408 g/mol. The van der Waals surface area contributed by atoms with Crippen LogP contribution in [0.2, 0.25) is 0 Å². The van der Waals surface area contributed by atoms with Crippen LogP contribution in [-0.4, -0.2) is 37.3 Å². The number of aromatic nitrogens is 4. The zero-order chi connectivity index (χ0) is 20.5. The van der Waals surface area contributed by atoms with Gasteiger partial charge < -0.3 is 4.74 Å². The number of hydrogen-bond donors (Lipinski definition) is 0. The highest BCUT2D eigenvalue weighted by atomic mass is 32.2. The summed E-state index contributed by atoms with van der Waals surface area (Å²) >= 11 is 1.33. The van der Waals surface area contributed by atoms with Gasteiger partial charge in [0.2, 0.25) is 5.78 Å². The fraction of sp³-hybridized carbons (Fsp3) is 0.238. The van der Waals surface area contributed by atoms with Gasteiger partial charge >= 0.3 is 0 Å². The standard InChI is InChI=1S/C21H20N4O3S/c1-13(26)14(2)29-21-23-22-20-24(12-15-8-4-7-11-18(15)28-3)19(27)16-9-5-6-10-17(16)25(20)21/h4-11,14H,12H2,1-3H3. The number of rotatable bonds is 6. The molecule has 0 saturated carbocycles. The summed E-state index contributed by atoms with van der Waals surface area (Å²) in [6, 6.07) is 14.9. The van der Waals surface area contributed by atoms with E-state index < -0.39 is 0 Å². The van der Waals surface area contributed by atoms with E-state index in [9.17, 15) is 9.59 Å². The van der Waals surface area contributed by atoms with Crippen LogP contribution in [-0.2, 0) is 11.3 Å². The average Bonchev–Trinajstić information content (AvgIpc) is 3.14. The van der Waals surface area contributed by atoms with Crippen molar-refractivity contribution >= 4 is 34.2 Å². The first-order valence-corrected chi connectivity index (χ1v) is 10.0. The van der Waals surface area contributed by atoms with Gasteiger partial charge in [-0.1, -0.05) is 42.1 Å². The van der Waals surface area contributed by atoms with Crippen LogP contribution in [0, 0.1) is 0 Å². The number of ketones is 1. The SMILES string of the molecule is COc1ccccc1Cn1c(=O)c2ccccc2n2c(SC(C)C(C)=O)nnc12. The summed E-state index contributed by atoms with van der Waals surface area (Å²) in [5.41, 5.74) is 1.43. The van der Waals surface area contributed by atoms with Crippen molar-refractivity contribution in [2.24, 2.45) is 0 Å². The van der Waals surface area contributed by atoms with E-state index in [0.717, 1.165) is 5.56 Å². The molecular formula is C21H20N4O3S. The minimum atomic E-state index is -0.268. The Kier molecular flexibility index (Phi) is 5.10. The van der Waals surface area contributed by atoms with Crippen LogP contribution in [0.25, 0.3) is 16.7 Å². The van der Waals surface area contributed by atoms with Crippen LogP contribution in [0.1, 0.15) is 19.4 Å². The van der Waals surface area contributed by atoms with E-state index in [-0.39, 0.29) is 16.6 Å². The molecule has 8 heteroatoms. The molecule has 0 aliphatic rings. The smallest absolute Gasteiger partial charge is 0.263 e. The normalized spacial score (nSPS) is 12.4. The van der Waals surface area contributed by atoms with Gasteiger partial charge in [0.1, 0.15) is 11.5 Å². The average molecular weight is 408 g/mol. The summed E-state index contributed by atoms with van der Waals surface area (Å²) in [6.45, 7) is 3.68. The van der Waals surface area contributed by atoms with Crippen molar-refractivity contribution in [1.29, 1.82) is 0 Å². The fourth-order valence-corrected chi connectivity index (χ4v) is 4.05. The Labute approximate surface area is 171 Å². The maximum Gasteiger partial charge on any atom is 0.263 e. The number of hydrogen-bond acceptors (Lipinski definition) is 6. The van der Waals surface area contributed by atoms with Gasteiger partial charge in [-0.2, -0.15) is 0 Å². The Morgan fingerprint density at radius 1 is 1.14 bits per heavy atom.